The van der Waals surface area contributed by atoms with Crippen molar-refractivity contribution < 1.29 is 19.3 Å². The maximum atomic E-state index is 10.4. The first kappa shape index (κ1) is 13.7. The molecule has 0 radical (unpaired) electrons. The Kier molecular flexibility index (Phi) is 3.87. The fourth-order valence-corrected chi connectivity index (χ4v) is 3.60. The summed E-state index contributed by atoms with van der Waals surface area (Å²) in [7, 11) is 1.57. The van der Waals surface area contributed by atoms with Crippen molar-refractivity contribution in [2.24, 2.45) is 0 Å². The van der Waals surface area contributed by atoms with Crippen LogP contribution in [0.25, 0.3) is 0 Å². The van der Waals surface area contributed by atoms with Gasteiger partial charge in [-0.3, -0.25) is 0 Å². The third kappa shape index (κ3) is 2.63. The first-order valence-electron chi connectivity index (χ1n) is 6.06. The van der Waals surface area contributed by atoms with Crippen LogP contribution in [-0.2, 0) is 6.42 Å². The number of halogens is 1. The predicted molar refractivity (Wildman–Crippen MR) is 79.8 cm³/mol. The minimum atomic E-state index is -0.607. The fraction of sp³-hybridized carbons (Fsp3) is 0.286. The SMILES string of the molecule is COc1cc(C(O)Cc2cc(Br)cs2)cc2c1OCO2. The molecule has 1 unspecified atom stereocenters. The molecule has 0 aliphatic carbocycles. The molecule has 2 aromatic rings. The molecule has 106 valence electrons. The Bertz CT molecular complexity index is 626. The van der Waals surface area contributed by atoms with Crippen molar-refractivity contribution in [3.05, 3.63) is 38.5 Å². The third-order valence-corrected chi connectivity index (χ3v) is 4.80. The van der Waals surface area contributed by atoms with Gasteiger partial charge in [0.25, 0.3) is 0 Å². The summed E-state index contributed by atoms with van der Waals surface area (Å²) < 4.78 is 17.0. The highest BCUT2D eigenvalue weighted by Crippen LogP contribution is 2.43. The Hall–Kier alpha value is -1.24. The van der Waals surface area contributed by atoms with Gasteiger partial charge in [-0.25, -0.2) is 0 Å². The lowest BCUT2D eigenvalue weighted by atomic mass is 10.0. The second-order valence-corrected chi connectivity index (χ2v) is 6.32. The van der Waals surface area contributed by atoms with E-state index in [-0.39, 0.29) is 6.79 Å². The molecule has 6 heteroatoms. The number of ether oxygens (including phenoxy) is 3. The molecule has 0 spiro atoms. The molecule has 0 fully saturated rings. The van der Waals surface area contributed by atoms with Crippen LogP contribution in [0.5, 0.6) is 17.2 Å². The largest absolute Gasteiger partial charge is 0.493 e. The number of aliphatic hydroxyl groups excluding tert-OH is 1. The molecule has 4 nitrogen and oxygen atoms in total. The van der Waals surface area contributed by atoms with Crippen molar-refractivity contribution in [1.29, 1.82) is 0 Å². The van der Waals surface area contributed by atoms with Gasteiger partial charge in [0.1, 0.15) is 0 Å². The van der Waals surface area contributed by atoms with Crippen LogP contribution >= 0.6 is 27.3 Å². The van der Waals surface area contributed by atoms with Crippen molar-refractivity contribution in [2.45, 2.75) is 12.5 Å². The van der Waals surface area contributed by atoms with Crippen LogP contribution in [0.2, 0.25) is 0 Å². The van der Waals surface area contributed by atoms with E-state index >= 15 is 0 Å². The van der Waals surface area contributed by atoms with E-state index in [4.69, 9.17) is 14.2 Å². The molecule has 0 amide bonds. The smallest absolute Gasteiger partial charge is 0.231 e. The van der Waals surface area contributed by atoms with Crippen molar-refractivity contribution in [3.63, 3.8) is 0 Å². The number of hydrogen-bond donors (Lipinski definition) is 1. The standard InChI is InChI=1S/C14H13BrO4S/c1-17-12-2-8(3-13-14(12)19-7-18-13)11(16)5-10-4-9(15)6-20-10/h2-4,6,11,16H,5,7H2,1H3. The van der Waals surface area contributed by atoms with Crippen LogP contribution in [-0.4, -0.2) is 19.0 Å². The van der Waals surface area contributed by atoms with Gasteiger partial charge in [0.15, 0.2) is 11.5 Å². The number of methoxy groups -OCH3 is 1. The number of hydrogen-bond acceptors (Lipinski definition) is 5. The van der Waals surface area contributed by atoms with E-state index < -0.39 is 6.10 Å². The molecule has 2 heterocycles. The summed E-state index contributed by atoms with van der Waals surface area (Å²) in [5.74, 6) is 1.80. The summed E-state index contributed by atoms with van der Waals surface area (Å²) in [6, 6.07) is 5.61. The number of aliphatic hydroxyl groups is 1. The Morgan fingerprint density at radius 1 is 1.40 bits per heavy atom. The van der Waals surface area contributed by atoms with E-state index in [1.165, 1.54) is 0 Å². The molecule has 20 heavy (non-hydrogen) atoms. The molecule has 1 atom stereocenters. The van der Waals surface area contributed by atoms with Crippen LogP contribution < -0.4 is 14.2 Å². The zero-order chi connectivity index (χ0) is 14.1. The Morgan fingerprint density at radius 2 is 2.25 bits per heavy atom. The maximum absolute atomic E-state index is 10.4. The molecule has 0 bridgehead atoms. The van der Waals surface area contributed by atoms with Gasteiger partial charge in [-0.1, -0.05) is 0 Å². The fourth-order valence-electron chi connectivity index (χ4n) is 2.11. The van der Waals surface area contributed by atoms with Gasteiger partial charge in [0.05, 0.1) is 13.2 Å². The second-order valence-electron chi connectivity index (χ2n) is 4.41. The number of fused-ring (bicyclic) bond motifs is 1. The molecule has 1 aromatic carbocycles. The predicted octanol–water partition coefficient (Wildman–Crippen LogP) is 3.52. The Balaban J connectivity index is 1.86. The lowest BCUT2D eigenvalue weighted by Crippen LogP contribution is -2.01. The van der Waals surface area contributed by atoms with Gasteiger partial charge in [0.2, 0.25) is 12.5 Å². The average Bonchev–Trinajstić information content (AvgIpc) is 3.06. The van der Waals surface area contributed by atoms with E-state index in [1.54, 1.807) is 30.6 Å². The minimum absolute atomic E-state index is 0.184. The molecule has 1 aromatic heterocycles. The second kappa shape index (κ2) is 5.63. The molecule has 1 aliphatic rings. The highest BCUT2D eigenvalue weighted by molar-refractivity contribution is 9.10. The molecular weight excluding hydrogens is 344 g/mol. The van der Waals surface area contributed by atoms with Crippen LogP contribution in [0, 0.1) is 0 Å². The summed E-state index contributed by atoms with van der Waals surface area (Å²) in [6.07, 6.45) is -0.0528. The van der Waals surface area contributed by atoms with Crippen LogP contribution in [0.4, 0.5) is 0 Å². The molecule has 0 saturated carbocycles. The highest BCUT2D eigenvalue weighted by Gasteiger charge is 2.22. The first-order valence-corrected chi connectivity index (χ1v) is 7.73. The normalized spacial score (nSPS) is 14.3. The van der Waals surface area contributed by atoms with Crippen LogP contribution in [0.1, 0.15) is 16.5 Å². The lowest BCUT2D eigenvalue weighted by molar-refractivity contribution is 0.170. The third-order valence-electron chi connectivity index (χ3n) is 3.08. The molecule has 1 aliphatic heterocycles. The zero-order valence-corrected chi connectivity index (χ0v) is 13.2. The quantitative estimate of drug-likeness (QED) is 0.910. The van der Waals surface area contributed by atoms with Crippen molar-refractivity contribution >= 4 is 27.3 Å². The number of benzene rings is 1. The summed E-state index contributed by atoms with van der Waals surface area (Å²) in [5, 5.41) is 12.4. The van der Waals surface area contributed by atoms with E-state index in [9.17, 15) is 5.11 Å². The van der Waals surface area contributed by atoms with E-state index in [0.29, 0.717) is 23.7 Å². The van der Waals surface area contributed by atoms with Crippen LogP contribution in [0.15, 0.2) is 28.1 Å². The van der Waals surface area contributed by atoms with E-state index in [2.05, 4.69) is 15.9 Å². The average molecular weight is 357 g/mol. The van der Waals surface area contributed by atoms with Gasteiger partial charge in [0, 0.05) is 21.2 Å². The molecular formula is C14H13BrO4S. The summed E-state index contributed by atoms with van der Waals surface area (Å²) in [5.41, 5.74) is 0.760. The van der Waals surface area contributed by atoms with Gasteiger partial charge in [-0.15, -0.1) is 11.3 Å². The zero-order valence-electron chi connectivity index (χ0n) is 10.8. The van der Waals surface area contributed by atoms with Gasteiger partial charge in [-0.05, 0) is 39.7 Å². The summed E-state index contributed by atoms with van der Waals surface area (Å²) in [6.45, 7) is 0.184. The van der Waals surface area contributed by atoms with E-state index in [1.807, 2.05) is 11.4 Å². The maximum Gasteiger partial charge on any atom is 0.231 e. The van der Waals surface area contributed by atoms with Gasteiger partial charge < -0.3 is 19.3 Å². The molecule has 0 saturated heterocycles. The monoisotopic (exact) mass is 356 g/mol. The van der Waals surface area contributed by atoms with Crippen molar-refractivity contribution in [1.82, 2.24) is 0 Å². The summed E-state index contributed by atoms with van der Waals surface area (Å²) >= 11 is 5.03. The van der Waals surface area contributed by atoms with Crippen molar-refractivity contribution in [3.8, 4) is 17.2 Å². The number of thiophene rings is 1. The lowest BCUT2D eigenvalue weighted by Gasteiger charge is -2.13. The molecule has 3 rings (SSSR count). The molecule has 1 N–H and O–H groups in total. The minimum Gasteiger partial charge on any atom is -0.493 e. The topological polar surface area (TPSA) is 47.9 Å². The number of rotatable bonds is 4. The Labute approximate surface area is 129 Å². The highest BCUT2D eigenvalue weighted by atomic mass is 79.9. The van der Waals surface area contributed by atoms with Crippen LogP contribution in [0.3, 0.4) is 0 Å². The van der Waals surface area contributed by atoms with Gasteiger partial charge >= 0.3 is 0 Å². The van der Waals surface area contributed by atoms with Gasteiger partial charge in [-0.2, -0.15) is 0 Å². The summed E-state index contributed by atoms with van der Waals surface area (Å²) in [4.78, 5) is 1.11. The van der Waals surface area contributed by atoms with Crippen molar-refractivity contribution in [2.75, 3.05) is 13.9 Å². The Morgan fingerprint density at radius 3 is 2.95 bits per heavy atom. The van der Waals surface area contributed by atoms with E-state index in [0.717, 1.165) is 14.9 Å². The first-order chi connectivity index (χ1) is 9.67.